The van der Waals surface area contributed by atoms with Crippen molar-refractivity contribution in [1.29, 1.82) is 0 Å². The number of hydrogen-bond acceptors (Lipinski definition) is 1. The van der Waals surface area contributed by atoms with E-state index in [4.69, 9.17) is 9.98 Å². The Morgan fingerprint density at radius 3 is 2.02 bits per heavy atom. The van der Waals surface area contributed by atoms with Crippen LogP contribution in [0.3, 0.4) is 0 Å². The number of benzene rings is 6. The average Bonchev–Trinajstić information content (AvgIpc) is 3.14. The third-order valence-corrected chi connectivity index (χ3v) is 8.95. The van der Waals surface area contributed by atoms with Crippen molar-refractivity contribution in [2.24, 2.45) is 9.98 Å². The molecular formula is C47H38N2. The van der Waals surface area contributed by atoms with E-state index in [2.05, 4.69) is 130 Å². The molecule has 6 aromatic carbocycles. The van der Waals surface area contributed by atoms with Crippen LogP contribution in [0.2, 0.25) is 0 Å². The van der Waals surface area contributed by atoms with Gasteiger partial charge in [-0.1, -0.05) is 146 Å². The molecule has 0 fully saturated rings. The van der Waals surface area contributed by atoms with Crippen molar-refractivity contribution < 1.29 is 0 Å². The molecule has 0 atom stereocenters. The highest BCUT2D eigenvalue weighted by atomic mass is 14.9. The minimum absolute atomic E-state index is 0.627. The number of rotatable bonds is 6. The van der Waals surface area contributed by atoms with Crippen LogP contribution in [0.1, 0.15) is 42.5 Å². The topological polar surface area (TPSA) is 24.7 Å². The lowest BCUT2D eigenvalue weighted by Gasteiger charge is -2.14. The van der Waals surface area contributed by atoms with Gasteiger partial charge in [-0.3, -0.25) is 0 Å². The fourth-order valence-corrected chi connectivity index (χ4v) is 6.25. The minimum atomic E-state index is 0.627. The largest absolute Gasteiger partial charge is 0.233 e. The zero-order valence-electron chi connectivity index (χ0n) is 28.0. The van der Waals surface area contributed by atoms with Gasteiger partial charge in [0.2, 0.25) is 0 Å². The normalized spacial score (nSPS) is 16.9. The van der Waals surface area contributed by atoms with Crippen LogP contribution in [0.5, 0.6) is 0 Å². The van der Waals surface area contributed by atoms with E-state index in [1.165, 1.54) is 27.1 Å². The third kappa shape index (κ3) is 7.10. The molecule has 0 N–H and O–H groups in total. The van der Waals surface area contributed by atoms with Crippen molar-refractivity contribution in [3.8, 4) is 11.1 Å². The molecule has 0 radical (unpaired) electrons. The zero-order valence-corrected chi connectivity index (χ0v) is 28.0. The summed E-state index contributed by atoms with van der Waals surface area (Å²) >= 11 is 0. The molecule has 1 aliphatic rings. The number of nitrogens with zero attached hydrogens (tertiary/aromatic N) is 2. The Balaban J connectivity index is 1.41. The molecule has 6 aromatic rings. The number of allylic oxidation sites excluding steroid dienone is 8. The molecule has 0 saturated carbocycles. The summed E-state index contributed by atoms with van der Waals surface area (Å²) in [5.41, 5.74) is 10.3. The Morgan fingerprint density at radius 2 is 1.24 bits per heavy atom. The van der Waals surface area contributed by atoms with Gasteiger partial charge >= 0.3 is 0 Å². The molecule has 0 unspecified atom stereocenters. The lowest BCUT2D eigenvalue weighted by Crippen LogP contribution is -2.05. The van der Waals surface area contributed by atoms with Crippen LogP contribution in [0.15, 0.2) is 192 Å². The van der Waals surface area contributed by atoms with Gasteiger partial charge in [0.05, 0.1) is 5.70 Å². The number of fused-ring (bicyclic) bond motifs is 3. The van der Waals surface area contributed by atoms with Gasteiger partial charge in [-0.15, -0.1) is 0 Å². The fraction of sp³-hybridized carbons (Fsp3) is 0.0638. The van der Waals surface area contributed by atoms with E-state index in [1.807, 2.05) is 60.7 Å². The first-order valence-corrected chi connectivity index (χ1v) is 16.8. The smallest absolute Gasteiger partial charge is 0.160 e. The molecule has 0 aromatic heterocycles. The van der Waals surface area contributed by atoms with E-state index in [-0.39, 0.29) is 0 Å². The minimum Gasteiger partial charge on any atom is -0.233 e. The van der Waals surface area contributed by atoms with Gasteiger partial charge in [-0.2, -0.15) is 0 Å². The van der Waals surface area contributed by atoms with Crippen molar-refractivity contribution in [3.05, 3.63) is 204 Å². The summed E-state index contributed by atoms with van der Waals surface area (Å²) in [5.74, 6) is 0.627. The summed E-state index contributed by atoms with van der Waals surface area (Å²) in [5, 5.41) is 4.98. The van der Waals surface area contributed by atoms with Gasteiger partial charge in [0.25, 0.3) is 0 Å². The Kier molecular flexibility index (Phi) is 9.21. The van der Waals surface area contributed by atoms with Crippen LogP contribution < -0.4 is 0 Å². The first kappa shape index (κ1) is 31.5. The molecule has 1 aliphatic carbocycles. The second-order valence-corrected chi connectivity index (χ2v) is 12.3. The van der Waals surface area contributed by atoms with Crippen molar-refractivity contribution in [1.82, 2.24) is 0 Å². The van der Waals surface area contributed by atoms with Crippen LogP contribution in [-0.4, -0.2) is 11.5 Å². The molecule has 0 saturated heterocycles. The van der Waals surface area contributed by atoms with E-state index < -0.39 is 0 Å². The molecule has 2 nitrogen and oxygen atoms in total. The van der Waals surface area contributed by atoms with E-state index in [0.717, 1.165) is 51.1 Å². The maximum atomic E-state index is 5.20. The van der Waals surface area contributed by atoms with E-state index in [0.29, 0.717) is 11.5 Å². The van der Waals surface area contributed by atoms with Crippen molar-refractivity contribution >= 4 is 44.4 Å². The highest BCUT2D eigenvalue weighted by Gasteiger charge is 2.13. The maximum Gasteiger partial charge on any atom is 0.160 e. The SMILES string of the molecule is C=C(/N=C(\N=C(/C)c1cc(C2=C/C(=C/C)/C=C\C/C=C\2)cc(-c2ccc3ccc4ccccc4c3c2)c1)c1ccccc1)c1ccccc1. The van der Waals surface area contributed by atoms with Gasteiger partial charge in [0.15, 0.2) is 5.84 Å². The Morgan fingerprint density at radius 1 is 0.592 bits per heavy atom. The van der Waals surface area contributed by atoms with Crippen molar-refractivity contribution in [2.45, 2.75) is 20.3 Å². The van der Waals surface area contributed by atoms with Crippen LogP contribution in [-0.2, 0) is 0 Å². The molecule has 0 aliphatic heterocycles. The molecule has 7 rings (SSSR count). The molecular weight excluding hydrogens is 593 g/mol. The fourth-order valence-electron chi connectivity index (χ4n) is 6.25. The van der Waals surface area contributed by atoms with E-state index >= 15 is 0 Å². The van der Waals surface area contributed by atoms with Crippen LogP contribution in [0.4, 0.5) is 0 Å². The predicted molar refractivity (Wildman–Crippen MR) is 212 cm³/mol. The highest BCUT2D eigenvalue weighted by Crippen LogP contribution is 2.33. The van der Waals surface area contributed by atoms with Crippen LogP contribution >= 0.6 is 0 Å². The summed E-state index contributed by atoms with van der Waals surface area (Å²) in [6.07, 6.45) is 14.2. The first-order valence-electron chi connectivity index (χ1n) is 16.8. The summed E-state index contributed by atoms with van der Waals surface area (Å²) in [6, 6.07) is 46.8. The molecule has 0 heterocycles. The second-order valence-electron chi connectivity index (χ2n) is 12.3. The van der Waals surface area contributed by atoms with Crippen LogP contribution in [0, 0.1) is 0 Å². The van der Waals surface area contributed by atoms with Gasteiger partial charge in [-0.25, -0.2) is 9.98 Å². The summed E-state index contributed by atoms with van der Waals surface area (Å²) in [7, 11) is 0. The molecule has 49 heavy (non-hydrogen) atoms. The monoisotopic (exact) mass is 630 g/mol. The molecule has 236 valence electrons. The Bertz CT molecular complexity index is 2360. The second kappa shape index (κ2) is 14.3. The quantitative estimate of drug-likeness (QED) is 0.0994. The Hall–Kier alpha value is -6.12. The molecule has 0 amide bonds. The third-order valence-electron chi connectivity index (χ3n) is 8.95. The summed E-state index contributed by atoms with van der Waals surface area (Å²) < 4.78 is 0. The Labute approximate surface area is 289 Å². The van der Waals surface area contributed by atoms with Crippen molar-refractivity contribution in [2.75, 3.05) is 0 Å². The van der Waals surface area contributed by atoms with Gasteiger partial charge in [-0.05, 0) is 111 Å². The zero-order chi connectivity index (χ0) is 33.6. The van der Waals surface area contributed by atoms with E-state index in [9.17, 15) is 0 Å². The summed E-state index contributed by atoms with van der Waals surface area (Å²) in [4.78, 5) is 10.2. The lowest BCUT2D eigenvalue weighted by molar-refractivity contribution is 1.37. The predicted octanol–water partition coefficient (Wildman–Crippen LogP) is 12.4. The highest BCUT2D eigenvalue weighted by molar-refractivity contribution is 6.13. The number of hydrogen-bond donors (Lipinski definition) is 0. The molecule has 0 bridgehead atoms. The van der Waals surface area contributed by atoms with Gasteiger partial charge in [0, 0.05) is 11.3 Å². The molecule has 2 heteroatoms. The van der Waals surface area contributed by atoms with E-state index in [1.54, 1.807) is 0 Å². The standard InChI is InChI=1S/C47H38N2/c1-4-35-16-8-5-13-22-40(28-35)43-29-42(30-44(31-43)41-27-26-38-25-24-37-19-14-15-23-45(37)46(38)32-41)34(3)49-47(39-20-11-7-12-21-39)48-33(2)36-17-9-6-10-18-36/h4,6-32H,2,5H2,1,3H3/b16-8-,22-13-,35-4+,40-28+,48-47-,49-34+. The average molecular weight is 631 g/mol. The van der Waals surface area contributed by atoms with Gasteiger partial charge in [0.1, 0.15) is 0 Å². The van der Waals surface area contributed by atoms with Gasteiger partial charge < -0.3 is 0 Å². The summed E-state index contributed by atoms with van der Waals surface area (Å²) in [6.45, 7) is 8.46. The molecule has 0 spiro atoms. The number of aliphatic imine (C=N–C) groups is 2. The van der Waals surface area contributed by atoms with Crippen LogP contribution in [0.25, 0.3) is 43.9 Å². The van der Waals surface area contributed by atoms with Crippen molar-refractivity contribution in [3.63, 3.8) is 0 Å². The maximum absolute atomic E-state index is 5.20. The first-order chi connectivity index (χ1) is 24.1. The number of amidine groups is 1. The lowest BCUT2D eigenvalue weighted by atomic mass is 9.91.